The second-order valence-electron chi connectivity index (χ2n) is 6.55. The number of sulfonamides is 1. The molecule has 1 N–H and O–H groups in total. The van der Waals surface area contributed by atoms with Gasteiger partial charge in [-0.3, -0.25) is 9.52 Å². The van der Waals surface area contributed by atoms with Gasteiger partial charge in [-0.2, -0.15) is 5.26 Å². The number of carbonyl (C=O) groups is 1. The number of nitrogens with zero attached hydrogens (tertiary/aromatic N) is 3. The zero-order chi connectivity index (χ0) is 20.1. The van der Waals surface area contributed by atoms with Gasteiger partial charge in [0.2, 0.25) is 0 Å². The average Bonchev–Trinajstić information content (AvgIpc) is 2.73. The van der Waals surface area contributed by atoms with Gasteiger partial charge in [-0.05, 0) is 55.1 Å². The van der Waals surface area contributed by atoms with Gasteiger partial charge in [-0.1, -0.05) is 6.92 Å². The molecule has 1 aliphatic rings. The summed E-state index contributed by atoms with van der Waals surface area (Å²) in [6, 6.07) is 14.1. The van der Waals surface area contributed by atoms with Gasteiger partial charge in [0.25, 0.3) is 15.9 Å². The van der Waals surface area contributed by atoms with Crippen LogP contribution < -0.4 is 4.72 Å². The first-order valence-electron chi connectivity index (χ1n) is 9.07. The fourth-order valence-corrected chi connectivity index (χ4v) is 4.11. The van der Waals surface area contributed by atoms with Crippen LogP contribution in [0.3, 0.4) is 0 Å². The summed E-state index contributed by atoms with van der Waals surface area (Å²) in [6.45, 7) is 6.12. The van der Waals surface area contributed by atoms with Gasteiger partial charge < -0.3 is 9.80 Å². The van der Waals surface area contributed by atoms with Crippen molar-refractivity contribution in [3.63, 3.8) is 0 Å². The molecule has 0 aromatic heterocycles. The Morgan fingerprint density at radius 3 is 2.18 bits per heavy atom. The maximum Gasteiger partial charge on any atom is 0.261 e. The van der Waals surface area contributed by atoms with Crippen LogP contribution in [0.15, 0.2) is 53.4 Å². The molecule has 1 saturated heterocycles. The zero-order valence-corrected chi connectivity index (χ0v) is 16.4. The van der Waals surface area contributed by atoms with E-state index in [2.05, 4.69) is 16.5 Å². The van der Waals surface area contributed by atoms with Gasteiger partial charge in [0.05, 0.1) is 16.5 Å². The van der Waals surface area contributed by atoms with E-state index in [4.69, 9.17) is 5.26 Å². The Balaban J connectivity index is 1.69. The lowest BCUT2D eigenvalue weighted by Gasteiger charge is -2.34. The molecule has 146 valence electrons. The average molecular weight is 398 g/mol. The number of nitrogens with one attached hydrogen (secondary N) is 1. The molecule has 0 spiro atoms. The van der Waals surface area contributed by atoms with Crippen molar-refractivity contribution in [2.45, 2.75) is 11.8 Å². The third kappa shape index (κ3) is 4.50. The standard InChI is InChI=1S/C20H22N4O3S/c1-2-23-11-13-24(14-12-23)20(25)17-5-9-19(10-6-17)28(26,27)22-18-7-3-16(15-21)4-8-18/h3-10,22H,2,11-14H2,1H3. The van der Waals surface area contributed by atoms with Gasteiger partial charge in [0.15, 0.2) is 0 Å². The van der Waals surface area contributed by atoms with Crippen molar-refractivity contribution in [3.05, 3.63) is 59.7 Å². The van der Waals surface area contributed by atoms with E-state index >= 15 is 0 Å². The smallest absolute Gasteiger partial charge is 0.261 e. The van der Waals surface area contributed by atoms with E-state index in [1.165, 1.54) is 36.4 Å². The molecule has 3 rings (SSSR count). The molecule has 0 atom stereocenters. The van der Waals surface area contributed by atoms with Crippen molar-refractivity contribution in [3.8, 4) is 6.07 Å². The fourth-order valence-electron chi connectivity index (χ4n) is 3.05. The highest BCUT2D eigenvalue weighted by atomic mass is 32.2. The Morgan fingerprint density at radius 1 is 1.04 bits per heavy atom. The number of anilines is 1. The van der Waals surface area contributed by atoms with E-state index in [9.17, 15) is 13.2 Å². The first-order chi connectivity index (χ1) is 13.4. The Hall–Kier alpha value is -2.89. The van der Waals surface area contributed by atoms with Crippen molar-refractivity contribution in [2.75, 3.05) is 37.4 Å². The van der Waals surface area contributed by atoms with E-state index in [-0.39, 0.29) is 10.8 Å². The quantitative estimate of drug-likeness (QED) is 0.833. The number of nitriles is 1. The molecule has 7 nitrogen and oxygen atoms in total. The molecular weight excluding hydrogens is 376 g/mol. The summed E-state index contributed by atoms with van der Waals surface area (Å²) in [5, 5.41) is 8.81. The number of amides is 1. The predicted molar refractivity (Wildman–Crippen MR) is 106 cm³/mol. The van der Waals surface area contributed by atoms with Crippen LogP contribution in [0, 0.1) is 11.3 Å². The number of rotatable bonds is 5. The molecule has 1 amide bonds. The Morgan fingerprint density at radius 2 is 1.64 bits per heavy atom. The summed E-state index contributed by atoms with van der Waals surface area (Å²) in [5.41, 5.74) is 1.29. The number of likely N-dealkylation sites (N-methyl/N-ethyl adjacent to an activating group) is 1. The first-order valence-corrected chi connectivity index (χ1v) is 10.6. The summed E-state index contributed by atoms with van der Waals surface area (Å²) in [6.07, 6.45) is 0. The lowest BCUT2D eigenvalue weighted by molar-refractivity contribution is 0.0643. The predicted octanol–water partition coefficient (Wildman–Crippen LogP) is 2.14. The Bertz CT molecular complexity index is 972. The maximum atomic E-state index is 12.6. The highest BCUT2D eigenvalue weighted by Gasteiger charge is 2.22. The molecule has 0 aliphatic carbocycles. The number of piperazine rings is 1. The first kappa shape index (κ1) is 19.9. The molecule has 8 heteroatoms. The lowest BCUT2D eigenvalue weighted by atomic mass is 10.2. The van der Waals surface area contributed by atoms with Crippen LogP contribution in [0.25, 0.3) is 0 Å². The monoisotopic (exact) mass is 398 g/mol. The van der Waals surface area contributed by atoms with Crippen LogP contribution in [-0.4, -0.2) is 56.8 Å². The number of hydrogen-bond acceptors (Lipinski definition) is 5. The number of benzene rings is 2. The minimum Gasteiger partial charge on any atom is -0.336 e. The summed E-state index contributed by atoms with van der Waals surface area (Å²) in [4.78, 5) is 16.8. The van der Waals surface area contributed by atoms with Gasteiger partial charge in [-0.25, -0.2) is 8.42 Å². The van der Waals surface area contributed by atoms with Crippen molar-refractivity contribution in [1.82, 2.24) is 9.80 Å². The van der Waals surface area contributed by atoms with Gasteiger partial charge in [-0.15, -0.1) is 0 Å². The minimum absolute atomic E-state index is 0.0733. The largest absolute Gasteiger partial charge is 0.336 e. The molecule has 0 bridgehead atoms. The van der Waals surface area contributed by atoms with Crippen molar-refractivity contribution >= 4 is 21.6 Å². The van der Waals surface area contributed by atoms with Crippen LogP contribution in [0.5, 0.6) is 0 Å². The SMILES string of the molecule is CCN1CCN(C(=O)c2ccc(S(=O)(=O)Nc3ccc(C#N)cc3)cc2)CC1. The normalized spacial score (nSPS) is 15.1. The maximum absolute atomic E-state index is 12.6. The third-order valence-electron chi connectivity index (χ3n) is 4.78. The van der Waals surface area contributed by atoms with Gasteiger partial charge >= 0.3 is 0 Å². The Kier molecular flexibility index (Phi) is 5.97. The van der Waals surface area contributed by atoms with E-state index in [0.717, 1.165) is 19.6 Å². The van der Waals surface area contributed by atoms with Crippen LogP contribution >= 0.6 is 0 Å². The van der Waals surface area contributed by atoms with E-state index < -0.39 is 10.0 Å². The molecule has 1 fully saturated rings. The highest BCUT2D eigenvalue weighted by molar-refractivity contribution is 7.92. The summed E-state index contributed by atoms with van der Waals surface area (Å²) in [7, 11) is -3.78. The van der Waals surface area contributed by atoms with Crippen LogP contribution in [-0.2, 0) is 10.0 Å². The third-order valence-corrected chi connectivity index (χ3v) is 6.18. The summed E-state index contributed by atoms with van der Waals surface area (Å²) < 4.78 is 27.5. The van der Waals surface area contributed by atoms with Crippen LogP contribution in [0.2, 0.25) is 0 Å². The summed E-state index contributed by atoms with van der Waals surface area (Å²) in [5.74, 6) is -0.0836. The Labute approximate surface area is 165 Å². The molecular formula is C20H22N4O3S. The van der Waals surface area contributed by atoms with Crippen molar-refractivity contribution in [1.29, 1.82) is 5.26 Å². The zero-order valence-electron chi connectivity index (χ0n) is 15.6. The molecule has 2 aromatic carbocycles. The molecule has 1 heterocycles. The fraction of sp³-hybridized carbons (Fsp3) is 0.300. The van der Waals surface area contributed by atoms with E-state index in [1.807, 2.05) is 6.07 Å². The van der Waals surface area contributed by atoms with Crippen molar-refractivity contribution < 1.29 is 13.2 Å². The molecule has 0 radical (unpaired) electrons. The molecule has 1 aliphatic heterocycles. The van der Waals surface area contributed by atoms with E-state index in [0.29, 0.717) is 29.9 Å². The molecule has 0 saturated carbocycles. The number of hydrogen-bond donors (Lipinski definition) is 1. The minimum atomic E-state index is -3.78. The van der Waals surface area contributed by atoms with Crippen LogP contribution in [0.4, 0.5) is 5.69 Å². The molecule has 0 unspecified atom stereocenters. The van der Waals surface area contributed by atoms with Gasteiger partial charge in [0.1, 0.15) is 0 Å². The lowest BCUT2D eigenvalue weighted by Crippen LogP contribution is -2.48. The van der Waals surface area contributed by atoms with Crippen molar-refractivity contribution in [2.24, 2.45) is 0 Å². The molecule has 28 heavy (non-hydrogen) atoms. The topological polar surface area (TPSA) is 93.5 Å². The highest BCUT2D eigenvalue weighted by Crippen LogP contribution is 2.18. The number of carbonyl (C=O) groups excluding carboxylic acids is 1. The molecule has 2 aromatic rings. The second-order valence-corrected chi connectivity index (χ2v) is 8.23. The van der Waals surface area contributed by atoms with Crippen LogP contribution in [0.1, 0.15) is 22.8 Å². The summed E-state index contributed by atoms with van der Waals surface area (Å²) >= 11 is 0. The van der Waals surface area contributed by atoms with E-state index in [1.54, 1.807) is 17.0 Å². The second kappa shape index (κ2) is 8.42. The van der Waals surface area contributed by atoms with Gasteiger partial charge in [0, 0.05) is 37.4 Å².